The largest absolute Gasteiger partial charge is 0.491 e. The van der Waals surface area contributed by atoms with Crippen LogP contribution in [0.1, 0.15) is 43.6 Å². The van der Waals surface area contributed by atoms with Crippen LogP contribution in [0.15, 0.2) is 54.6 Å². The van der Waals surface area contributed by atoms with Crippen LogP contribution in [0.2, 0.25) is 0 Å². The van der Waals surface area contributed by atoms with Crippen LogP contribution in [-0.2, 0) is 11.2 Å². The fourth-order valence-corrected chi connectivity index (χ4v) is 4.38. The molecule has 0 aliphatic carbocycles. The number of carbonyl (C=O) groups excluding carboxylic acids is 2. The quantitative estimate of drug-likeness (QED) is 0.459. The third kappa shape index (κ3) is 5.93. The first-order valence-corrected chi connectivity index (χ1v) is 10.9. The zero-order valence-corrected chi connectivity index (χ0v) is 18.5. The number of rotatable bonds is 10. The Bertz CT molecular complexity index is 1030. The Hall–Kier alpha value is -3.16. The summed E-state index contributed by atoms with van der Waals surface area (Å²) in [6.45, 7) is 5.39. The van der Waals surface area contributed by atoms with Crippen molar-refractivity contribution in [2.24, 2.45) is 5.73 Å². The standard InChI is InChI=1S/C24H26N2O4S/c1-3-29-13-14-30-19-11-9-18(10-12-19)23(28)26-24-21(22(25)27)16(2)20(31-24)15-17-7-5-4-6-8-17/h4-12H,3,13-15H2,1-2H3,(H2,25,27)(H,26,28). The van der Waals surface area contributed by atoms with Crippen molar-refractivity contribution in [3.63, 3.8) is 0 Å². The lowest BCUT2D eigenvalue weighted by atomic mass is 10.1. The van der Waals surface area contributed by atoms with Crippen molar-refractivity contribution in [3.8, 4) is 5.75 Å². The lowest BCUT2D eigenvalue weighted by Gasteiger charge is -2.08. The Morgan fingerprint density at radius 2 is 1.74 bits per heavy atom. The minimum atomic E-state index is -0.554. The molecule has 3 N–H and O–H groups in total. The van der Waals surface area contributed by atoms with Gasteiger partial charge < -0.3 is 20.5 Å². The zero-order chi connectivity index (χ0) is 22.2. The summed E-state index contributed by atoms with van der Waals surface area (Å²) < 4.78 is 10.8. The van der Waals surface area contributed by atoms with Gasteiger partial charge >= 0.3 is 0 Å². The zero-order valence-electron chi connectivity index (χ0n) is 17.6. The van der Waals surface area contributed by atoms with E-state index in [1.807, 2.05) is 44.2 Å². The molecule has 0 aliphatic rings. The van der Waals surface area contributed by atoms with Crippen LogP contribution in [0.5, 0.6) is 5.75 Å². The highest BCUT2D eigenvalue weighted by Crippen LogP contribution is 2.34. The van der Waals surface area contributed by atoms with Crippen molar-refractivity contribution in [2.45, 2.75) is 20.3 Å². The summed E-state index contributed by atoms with van der Waals surface area (Å²) in [5.74, 6) is -0.205. The number of nitrogens with two attached hydrogens (primary N) is 1. The predicted molar refractivity (Wildman–Crippen MR) is 123 cm³/mol. The number of amides is 2. The highest BCUT2D eigenvalue weighted by Gasteiger charge is 2.21. The van der Waals surface area contributed by atoms with Crippen molar-refractivity contribution in [1.29, 1.82) is 0 Å². The highest BCUT2D eigenvalue weighted by atomic mass is 32.1. The molecular formula is C24H26N2O4S. The third-order valence-electron chi connectivity index (χ3n) is 4.74. The van der Waals surface area contributed by atoms with Crippen molar-refractivity contribution >= 4 is 28.2 Å². The molecule has 0 atom stereocenters. The van der Waals surface area contributed by atoms with E-state index in [1.54, 1.807) is 24.3 Å². The van der Waals surface area contributed by atoms with Crippen LogP contribution in [0.3, 0.4) is 0 Å². The molecule has 31 heavy (non-hydrogen) atoms. The molecule has 3 rings (SSSR count). The van der Waals surface area contributed by atoms with Gasteiger partial charge in [0.15, 0.2) is 0 Å². The molecule has 0 spiro atoms. The Morgan fingerprint density at radius 1 is 1.03 bits per heavy atom. The number of anilines is 1. The summed E-state index contributed by atoms with van der Waals surface area (Å²) in [5, 5.41) is 3.32. The molecule has 0 aliphatic heterocycles. The van der Waals surface area contributed by atoms with Crippen LogP contribution < -0.4 is 15.8 Å². The summed E-state index contributed by atoms with van der Waals surface area (Å²) >= 11 is 1.38. The molecule has 1 heterocycles. The summed E-state index contributed by atoms with van der Waals surface area (Å²) in [7, 11) is 0. The van der Waals surface area contributed by atoms with Crippen molar-refractivity contribution in [2.75, 3.05) is 25.1 Å². The average molecular weight is 439 g/mol. The number of thiophene rings is 1. The minimum Gasteiger partial charge on any atom is -0.491 e. The summed E-state index contributed by atoms with van der Waals surface area (Å²) in [6.07, 6.45) is 0.668. The van der Waals surface area contributed by atoms with E-state index in [2.05, 4.69) is 5.32 Å². The smallest absolute Gasteiger partial charge is 0.256 e. The van der Waals surface area contributed by atoms with Gasteiger partial charge in [-0.1, -0.05) is 30.3 Å². The topological polar surface area (TPSA) is 90.7 Å². The van der Waals surface area contributed by atoms with Crippen molar-refractivity contribution in [1.82, 2.24) is 0 Å². The van der Waals surface area contributed by atoms with Crippen LogP contribution in [0, 0.1) is 6.92 Å². The number of hydrogen-bond acceptors (Lipinski definition) is 5. The molecule has 0 fully saturated rings. The molecule has 0 bridgehead atoms. The van der Waals surface area contributed by atoms with Crippen LogP contribution >= 0.6 is 11.3 Å². The molecule has 7 heteroatoms. The second-order valence-electron chi connectivity index (χ2n) is 6.90. The summed E-state index contributed by atoms with van der Waals surface area (Å²) in [5.41, 5.74) is 8.36. The van der Waals surface area contributed by atoms with Gasteiger partial charge in [0.25, 0.3) is 11.8 Å². The van der Waals surface area contributed by atoms with Gasteiger partial charge in [0.05, 0.1) is 12.2 Å². The van der Waals surface area contributed by atoms with E-state index < -0.39 is 5.91 Å². The molecule has 2 amide bonds. The lowest BCUT2D eigenvalue weighted by Crippen LogP contribution is -2.17. The first kappa shape index (κ1) is 22.5. The molecule has 0 saturated carbocycles. The number of nitrogens with one attached hydrogen (secondary N) is 1. The first-order chi connectivity index (χ1) is 15.0. The number of ether oxygens (including phenoxy) is 2. The molecule has 162 valence electrons. The van der Waals surface area contributed by atoms with Crippen LogP contribution in [0.4, 0.5) is 5.00 Å². The number of hydrogen-bond donors (Lipinski definition) is 2. The van der Waals surface area contributed by atoms with Gasteiger partial charge in [0.2, 0.25) is 0 Å². The van der Waals surface area contributed by atoms with Gasteiger partial charge in [-0.15, -0.1) is 11.3 Å². The molecule has 3 aromatic rings. The van der Waals surface area contributed by atoms with E-state index in [9.17, 15) is 9.59 Å². The fraction of sp³-hybridized carbons (Fsp3) is 0.250. The predicted octanol–water partition coefficient (Wildman–Crippen LogP) is 4.41. The van der Waals surface area contributed by atoms with E-state index >= 15 is 0 Å². The molecular weight excluding hydrogens is 412 g/mol. The second-order valence-corrected chi connectivity index (χ2v) is 8.01. The number of primary amides is 1. The minimum absolute atomic E-state index is 0.309. The maximum Gasteiger partial charge on any atom is 0.256 e. The Kier molecular flexibility index (Phi) is 7.81. The molecule has 1 aromatic heterocycles. The Labute approximate surface area is 186 Å². The average Bonchev–Trinajstić information content (AvgIpc) is 3.07. The van der Waals surface area contributed by atoms with Crippen molar-refractivity contribution < 1.29 is 19.1 Å². The molecule has 0 radical (unpaired) electrons. The molecule has 6 nitrogen and oxygen atoms in total. The molecule has 2 aromatic carbocycles. The molecule has 0 saturated heterocycles. The summed E-state index contributed by atoms with van der Waals surface area (Å²) in [6, 6.07) is 16.8. The monoisotopic (exact) mass is 438 g/mol. The Morgan fingerprint density at radius 3 is 2.39 bits per heavy atom. The van der Waals surface area contributed by atoms with E-state index in [1.165, 1.54) is 11.3 Å². The highest BCUT2D eigenvalue weighted by molar-refractivity contribution is 7.17. The van der Waals surface area contributed by atoms with E-state index in [0.29, 0.717) is 48.1 Å². The van der Waals surface area contributed by atoms with E-state index in [-0.39, 0.29) is 5.91 Å². The van der Waals surface area contributed by atoms with Crippen LogP contribution in [0.25, 0.3) is 0 Å². The van der Waals surface area contributed by atoms with Gasteiger partial charge in [-0.25, -0.2) is 0 Å². The van der Waals surface area contributed by atoms with Gasteiger partial charge in [-0.05, 0) is 49.2 Å². The van der Waals surface area contributed by atoms with Gasteiger partial charge in [-0.2, -0.15) is 0 Å². The van der Waals surface area contributed by atoms with Crippen LogP contribution in [-0.4, -0.2) is 31.6 Å². The number of carbonyl (C=O) groups is 2. The van der Waals surface area contributed by atoms with Gasteiger partial charge in [0.1, 0.15) is 17.4 Å². The fourth-order valence-electron chi connectivity index (χ4n) is 3.14. The first-order valence-electron chi connectivity index (χ1n) is 10.1. The van der Waals surface area contributed by atoms with Crippen molar-refractivity contribution in [3.05, 3.63) is 81.7 Å². The van der Waals surface area contributed by atoms with E-state index in [0.717, 1.165) is 16.0 Å². The maximum atomic E-state index is 12.8. The second kappa shape index (κ2) is 10.7. The SMILES string of the molecule is CCOCCOc1ccc(C(=O)Nc2sc(Cc3ccccc3)c(C)c2C(N)=O)cc1. The van der Waals surface area contributed by atoms with Gasteiger partial charge in [0, 0.05) is 23.5 Å². The Balaban J connectivity index is 1.73. The normalized spacial score (nSPS) is 10.6. The maximum absolute atomic E-state index is 12.8. The third-order valence-corrected chi connectivity index (χ3v) is 5.95. The lowest BCUT2D eigenvalue weighted by molar-refractivity contribution is 0.100. The van der Waals surface area contributed by atoms with Gasteiger partial charge in [-0.3, -0.25) is 9.59 Å². The van der Waals surface area contributed by atoms with E-state index in [4.69, 9.17) is 15.2 Å². The summed E-state index contributed by atoms with van der Waals surface area (Å²) in [4.78, 5) is 25.8. The number of benzene rings is 2. The molecule has 0 unspecified atom stereocenters.